The molecule has 4 N–H and O–H groups in total. The van der Waals surface area contributed by atoms with E-state index in [1.54, 1.807) is 0 Å². The predicted octanol–water partition coefficient (Wildman–Crippen LogP) is 0.122. The smallest absolute Gasteiger partial charge is 0.374 e. The highest BCUT2D eigenvalue weighted by molar-refractivity contribution is 7.51. The molecule has 0 saturated heterocycles. The van der Waals surface area contributed by atoms with Crippen molar-refractivity contribution in [2.24, 2.45) is 0 Å². The van der Waals surface area contributed by atoms with Crippen molar-refractivity contribution in [3.05, 3.63) is 12.2 Å². The number of aromatic nitrogens is 3. The highest BCUT2D eigenvalue weighted by Crippen LogP contribution is 2.45. The molecule has 0 aliphatic rings. The number of rotatable bonds is 4. The van der Waals surface area contributed by atoms with Gasteiger partial charge in [0.1, 0.15) is 6.33 Å². The Morgan fingerprint density at radius 2 is 2.00 bits per heavy atom. The van der Waals surface area contributed by atoms with Crippen molar-refractivity contribution in [3.8, 4) is 0 Å². The molecule has 1 atom stereocenters. The van der Waals surface area contributed by atoms with E-state index >= 15 is 0 Å². The second-order valence-electron chi connectivity index (χ2n) is 3.32. The third-order valence-electron chi connectivity index (χ3n) is 2.02. The first kappa shape index (κ1) is 14.1. The van der Waals surface area contributed by atoms with E-state index in [2.05, 4.69) is 10.1 Å². The number of hydrogen-bond acceptors (Lipinski definition) is 4. The van der Waals surface area contributed by atoms with Crippen LogP contribution in [0.2, 0.25) is 0 Å². The quantitative estimate of drug-likeness (QED) is 0.579. The number of halogens is 3. The molecule has 0 fully saturated rings. The fraction of sp³-hybridized carbons (Fsp3) is 0.667. The van der Waals surface area contributed by atoms with Gasteiger partial charge in [0, 0.05) is 6.42 Å². The number of aliphatic hydroxyl groups is 1. The van der Waals surface area contributed by atoms with Crippen LogP contribution in [0.4, 0.5) is 13.2 Å². The van der Waals surface area contributed by atoms with E-state index in [-0.39, 0.29) is 0 Å². The van der Waals surface area contributed by atoms with Gasteiger partial charge in [0.15, 0.2) is 5.82 Å². The van der Waals surface area contributed by atoms with Crippen molar-refractivity contribution in [3.63, 3.8) is 0 Å². The van der Waals surface area contributed by atoms with E-state index in [0.29, 0.717) is 0 Å². The zero-order valence-corrected chi connectivity index (χ0v) is 9.11. The Labute approximate surface area is 92.9 Å². The van der Waals surface area contributed by atoms with E-state index < -0.39 is 37.8 Å². The number of nitrogens with zero attached hydrogens (tertiary/aromatic N) is 2. The minimum Gasteiger partial charge on any atom is -0.374 e. The van der Waals surface area contributed by atoms with E-state index in [9.17, 15) is 22.8 Å². The fourth-order valence-electron chi connectivity index (χ4n) is 1.10. The molecule has 1 heterocycles. The lowest BCUT2D eigenvalue weighted by Gasteiger charge is -2.27. The number of nitrogens with one attached hydrogen (secondary N) is 1. The zero-order valence-electron chi connectivity index (χ0n) is 8.22. The van der Waals surface area contributed by atoms with Crippen LogP contribution in [0.25, 0.3) is 0 Å². The van der Waals surface area contributed by atoms with Crippen LogP contribution in [0.5, 0.6) is 0 Å². The molecule has 0 aliphatic carbocycles. The largest absolute Gasteiger partial charge is 0.424 e. The number of alkyl halides is 3. The molecule has 0 amide bonds. The van der Waals surface area contributed by atoms with Crippen LogP contribution in [0, 0.1) is 0 Å². The van der Waals surface area contributed by atoms with Crippen molar-refractivity contribution >= 4 is 7.60 Å². The van der Waals surface area contributed by atoms with E-state index in [1.165, 1.54) is 0 Å². The monoisotopic (exact) mass is 275 g/mol. The summed E-state index contributed by atoms with van der Waals surface area (Å²) in [7, 11) is -4.66. The SMILES string of the molecule is O=P(O)(O)CCC(O)(c1nc[nH]n1)C(F)(F)F. The molecule has 0 aliphatic heterocycles. The highest BCUT2D eigenvalue weighted by Gasteiger charge is 2.57. The maximum atomic E-state index is 12.6. The lowest BCUT2D eigenvalue weighted by atomic mass is 9.99. The second-order valence-corrected chi connectivity index (χ2v) is 5.10. The maximum absolute atomic E-state index is 12.6. The number of aromatic amines is 1. The van der Waals surface area contributed by atoms with Gasteiger partial charge in [-0.15, -0.1) is 0 Å². The molecule has 1 rings (SSSR count). The summed E-state index contributed by atoms with van der Waals surface area (Å²) in [4.78, 5) is 20.2. The Bertz CT molecular complexity index is 417. The molecule has 98 valence electrons. The summed E-state index contributed by atoms with van der Waals surface area (Å²) in [5, 5.41) is 14.5. The Morgan fingerprint density at radius 1 is 1.41 bits per heavy atom. The summed E-state index contributed by atoms with van der Waals surface area (Å²) >= 11 is 0. The van der Waals surface area contributed by atoms with Gasteiger partial charge in [-0.1, -0.05) is 0 Å². The van der Waals surface area contributed by atoms with E-state index in [4.69, 9.17) is 9.79 Å². The maximum Gasteiger partial charge on any atom is 0.424 e. The topological polar surface area (TPSA) is 119 Å². The van der Waals surface area contributed by atoms with Crippen LogP contribution in [0.1, 0.15) is 12.2 Å². The number of H-pyrrole nitrogens is 1. The van der Waals surface area contributed by atoms with Crippen LogP contribution in [-0.2, 0) is 10.2 Å². The van der Waals surface area contributed by atoms with Gasteiger partial charge in [-0.3, -0.25) is 9.66 Å². The first-order valence-corrected chi connectivity index (χ1v) is 6.06. The lowest BCUT2D eigenvalue weighted by molar-refractivity contribution is -0.270. The van der Waals surface area contributed by atoms with Crippen LogP contribution in [-0.4, -0.2) is 42.4 Å². The summed E-state index contributed by atoms with van der Waals surface area (Å²) in [6.45, 7) is 0. The minimum atomic E-state index is -5.13. The van der Waals surface area contributed by atoms with Crippen LogP contribution < -0.4 is 0 Å². The third-order valence-corrected chi connectivity index (χ3v) is 2.82. The zero-order chi connectivity index (χ0) is 13.3. The Morgan fingerprint density at radius 3 is 2.35 bits per heavy atom. The van der Waals surface area contributed by atoms with Gasteiger partial charge in [0.2, 0.25) is 5.60 Å². The average Bonchev–Trinajstić information content (AvgIpc) is 2.63. The molecule has 1 aromatic rings. The van der Waals surface area contributed by atoms with Gasteiger partial charge in [0.25, 0.3) is 0 Å². The van der Waals surface area contributed by atoms with Gasteiger partial charge in [-0.2, -0.15) is 18.3 Å². The minimum absolute atomic E-state index is 0.823. The normalized spacial score (nSPS) is 16.8. The first-order valence-electron chi connectivity index (χ1n) is 4.26. The van der Waals surface area contributed by atoms with Gasteiger partial charge in [-0.05, 0) is 0 Å². The van der Waals surface area contributed by atoms with Crippen molar-refractivity contribution in [2.75, 3.05) is 6.16 Å². The molecule has 0 saturated carbocycles. The molecule has 1 aromatic heterocycles. The Kier molecular flexibility index (Phi) is 3.63. The Hall–Kier alpha value is -0.960. The van der Waals surface area contributed by atoms with Crippen LogP contribution in [0.15, 0.2) is 6.33 Å². The average molecular weight is 275 g/mol. The molecule has 0 bridgehead atoms. The van der Waals surface area contributed by atoms with Crippen molar-refractivity contribution < 1.29 is 32.6 Å². The Balaban J connectivity index is 3.01. The van der Waals surface area contributed by atoms with Crippen LogP contribution >= 0.6 is 7.60 Å². The summed E-state index contributed by atoms with van der Waals surface area (Å²) in [6.07, 6.45) is -6.66. The van der Waals surface area contributed by atoms with Crippen molar-refractivity contribution in [1.82, 2.24) is 15.2 Å². The van der Waals surface area contributed by atoms with E-state index in [0.717, 1.165) is 6.33 Å². The van der Waals surface area contributed by atoms with Gasteiger partial charge in [-0.25, -0.2) is 4.98 Å². The molecular weight excluding hydrogens is 266 g/mol. The summed E-state index contributed by atoms with van der Waals surface area (Å²) in [5.74, 6) is -0.974. The van der Waals surface area contributed by atoms with Gasteiger partial charge >= 0.3 is 13.8 Å². The standard InChI is InChI=1S/C6H9F3N3O4P/c7-6(8,9)5(13,1-2-17(14,15)16)4-10-3-11-12-4/h3,13H,1-2H2,(H,10,11,12)(H2,14,15,16). The van der Waals surface area contributed by atoms with Gasteiger partial charge in [0.05, 0.1) is 6.16 Å². The highest BCUT2D eigenvalue weighted by atomic mass is 31.2. The third kappa shape index (κ3) is 3.25. The van der Waals surface area contributed by atoms with E-state index in [1.807, 2.05) is 5.10 Å². The molecule has 0 spiro atoms. The first-order chi connectivity index (χ1) is 7.56. The summed E-state index contributed by atoms with van der Waals surface area (Å²) in [5.41, 5.74) is -3.48. The molecule has 7 nitrogen and oxygen atoms in total. The molecular formula is C6H9F3N3O4P. The van der Waals surface area contributed by atoms with Crippen molar-refractivity contribution in [1.29, 1.82) is 0 Å². The predicted molar refractivity (Wildman–Crippen MR) is 47.9 cm³/mol. The molecule has 0 aromatic carbocycles. The number of hydrogen-bond donors (Lipinski definition) is 4. The lowest BCUT2D eigenvalue weighted by Crippen LogP contribution is -2.44. The molecule has 11 heteroatoms. The molecule has 1 unspecified atom stereocenters. The summed E-state index contributed by atoms with van der Waals surface area (Å²) in [6, 6.07) is 0. The fourth-order valence-corrected chi connectivity index (χ4v) is 1.71. The molecule has 0 radical (unpaired) electrons. The van der Waals surface area contributed by atoms with Crippen molar-refractivity contribution in [2.45, 2.75) is 18.2 Å². The summed E-state index contributed by atoms with van der Waals surface area (Å²) < 4.78 is 48.5. The van der Waals surface area contributed by atoms with Crippen LogP contribution in [0.3, 0.4) is 0 Å². The second kappa shape index (κ2) is 4.37. The molecule has 17 heavy (non-hydrogen) atoms. The van der Waals surface area contributed by atoms with Gasteiger partial charge < -0.3 is 14.9 Å².